The van der Waals surface area contributed by atoms with E-state index in [0.29, 0.717) is 54.5 Å². The lowest BCUT2D eigenvalue weighted by molar-refractivity contribution is -0.256. The minimum Gasteiger partial charge on any atom is -0.493 e. The van der Waals surface area contributed by atoms with Crippen LogP contribution in [0, 0.1) is 23.1 Å². The largest absolute Gasteiger partial charge is 0.493 e. The number of hydrogen-bond acceptors (Lipinski definition) is 3. The van der Waals surface area contributed by atoms with Gasteiger partial charge in [-0.05, 0) is 86.9 Å². The lowest BCUT2D eigenvalue weighted by Crippen LogP contribution is -2.53. The van der Waals surface area contributed by atoms with Crippen molar-refractivity contribution in [1.29, 1.82) is 0 Å². The Morgan fingerprint density at radius 2 is 1.74 bits per heavy atom. The topological polar surface area (TPSA) is 32.8 Å². The Kier molecular flexibility index (Phi) is 7.72. The Morgan fingerprint density at radius 3 is 2.29 bits per heavy atom. The molecular formula is C30H36F4N2O2. The zero-order chi connectivity index (χ0) is 26.9. The third kappa shape index (κ3) is 5.70. The summed E-state index contributed by atoms with van der Waals surface area (Å²) in [5.74, 6) is 0.806. The second kappa shape index (κ2) is 10.9. The van der Waals surface area contributed by atoms with Crippen LogP contribution in [0.3, 0.4) is 0 Å². The molecule has 3 aliphatic rings. The summed E-state index contributed by atoms with van der Waals surface area (Å²) in [6.45, 7) is 5.47. The van der Waals surface area contributed by atoms with Gasteiger partial charge in [0.15, 0.2) is 0 Å². The lowest BCUT2D eigenvalue weighted by Gasteiger charge is -2.47. The molecule has 0 spiro atoms. The van der Waals surface area contributed by atoms with Crippen molar-refractivity contribution >= 4 is 5.91 Å². The van der Waals surface area contributed by atoms with Gasteiger partial charge in [0.25, 0.3) is 5.91 Å². The van der Waals surface area contributed by atoms with E-state index in [0.717, 1.165) is 32.4 Å². The Bertz CT molecular complexity index is 1120. The number of piperidine rings is 1. The van der Waals surface area contributed by atoms with Gasteiger partial charge in [0, 0.05) is 36.8 Å². The van der Waals surface area contributed by atoms with E-state index in [9.17, 15) is 22.4 Å². The molecule has 2 aromatic rings. The molecule has 1 amide bonds. The normalized spacial score (nSPS) is 22.3. The van der Waals surface area contributed by atoms with E-state index >= 15 is 0 Å². The van der Waals surface area contributed by atoms with E-state index in [1.54, 1.807) is 36.4 Å². The fourth-order valence-electron chi connectivity index (χ4n) is 6.00. The summed E-state index contributed by atoms with van der Waals surface area (Å²) in [5, 5.41) is 0. The van der Waals surface area contributed by atoms with Crippen molar-refractivity contribution in [3.8, 4) is 16.9 Å². The van der Waals surface area contributed by atoms with E-state index < -0.39 is 17.4 Å². The highest BCUT2D eigenvalue weighted by Gasteiger charge is 2.58. The first-order valence-corrected chi connectivity index (χ1v) is 13.7. The van der Waals surface area contributed by atoms with Crippen LogP contribution in [-0.2, 0) is 0 Å². The average Bonchev–Trinajstić information content (AvgIpc) is 3.31. The van der Waals surface area contributed by atoms with Gasteiger partial charge in [-0.3, -0.25) is 4.79 Å². The molecule has 38 heavy (non-hydrogen) atoms. The Hall–Kier alpha value is -2.61. The van der Waals surface area contributed by atoms with Crippen LogP contribution < -0.4 is 4.74 Å². The van der Waals surface area contributed by atoms with Crippen molar-refractivity contribution in [3.05, 3.63) is 53.8 Å². The van der Waals surface area contributed by atoms with Crippen LogP contribution in [0.5, 0.6) is 5.75 Å². The molecule has 5 rings (SSSR count). The van der Waals surface area contributed by atoms with Crippen molar-refractivity contribution in [2.24, 2.45) is 17.3 Å². The molecule has 2 aromatic carbocycles. The predicted octanol–water partition coefficient (Wildman–Crippen LogP) is 6.80. The zero-order valence-electron chi connectivity index (χ0n) is 21.9. The molecule has 1 atom stereocenters. The van der Waals surface area contributed by atoms with Crippen molar-refractivity contribution in [3.63, 3.8) is 0 Å². The first kappa shape index (κ1) is 27.0. The van der Waals surface area contributed by atoms with Crippen LogP contribution in [0.25, 0.3) is 11.1 Å². The summed E-state index contributed by atoms with van der Waals surface area (Å²) in [4.78, 5) is 16.5. The van der Waals surface area contributed by atoms with Gasteiger partial charge >= 0.3 is 6.18 Å². The Balaban J connectivity index is 1.11. The van der Waals surface area contributed by atoms with Gasteiger partial charge in [-0.1, -0.05) is 25.5 Å². The first-order chi connectivity index (χ1) is 18.1. The standard InChI is InChI=1S/C30H36F4N2O2/c1-21-9-16-36(18-21)28(37)24-5-3-23(4-6-24)26-8-7-25(17-27(26)31)38-19-22-10-14-35(15-11-22)20-29(12-2-13-29)30(32,33)34/h3-8,17,21-22H,2,9-16,18-20H2,1H3. The third-order valence-corrected chi connectivity index (χ3v) is 8.73. The summed E-state index contributed by atoms with van der Waals surface area (Å²) < 4.78 is 61.3. The highest BCUT2D eigenvalue weighted by Crippen LogP contribution is 2.53. The molecule has 1 aliphatic carbocycles. The highest BCUT2D eigenvalue weighted by atomic mass is 19.4. The maximum Gasteiger partial charge on any atom is 0.395 e. The predicted molar refractivity (Wildman–Crippen MR) is 139 cm³/mol. The number of likely N-dealkylation sites (tertiary alicyclic amines) is 2. The molecule has 0 aromatic heterocycles. The van der Waals surface area contributed by atoms with Gasteiger partial charge in [-0.25, -0.2) is 4.39 Å². The zero-order valence-corrected chi connectivity index (χ0v) is 21.9. The number of nitrogens with zero attached hydrogens (tertiary/aromatic N) is 2. The van der Waals surface area contributed by atoms with Gasteiger partial charge in [0.1, 0.15) is 11.6 Å². The maximum atomic E-state index is 14.9. The summed E-state index contributed by atoms with van der Waals surface area (Å²) in [6, 6.07) is 11.8. The van der Waals surface area contributed by atoms with Gasteiger partial charge in [-0.15, -0.1) is 0 Å². The second-order valence-electron chi connectivity index (χ2n) is 11.5. The average molecular weight is 533 g/mol. The molecule has 4 nitrogen and oxygen atoms in total. The molecule has 2 heterocycles. The molecule has 2 saturated heterocycles. The van der Waals surface area contributed by atoms with Crippen LogP contribution in [0.2, 0.25) is 0 Å². The van der Waals surface area contributed by atoms with Crippen molar-refractivity contribution in [2.75, 3.05) is 39.3 Å². The molecule has 1 saturated carbocycles. The number of rotatable bonds is 7. The number of hydrogen-bond donors (Lipinski definition) is 0. The Morgan fingerprint density at radius 1 is 1.03 bits per heavy atom. The summed E-state index contributed by atoms with van der Waals surface area (Å²) >= 11 is 0. The molecule has 0 N–H and O–H groups in total. The van der Waals surface area contributed by atoms with Gasteiger partial charge < -0.3 is 14.5 Å². The van der Waals surface area contributed by atoms with Gasteiger partial charge in [0.2, 0.25) is 0 Å². The molecule has 8 heteroatoms. The number of alkyl halides is 3. The number of ether oxygens (including phenoxy) is 1. The molecule has 2 aliphatic heterocycles. The van der Waals surface area contributed by atoms with E-state index in [4.69, 9.17) is 4.74 Å². The van der Waals surface area contributed by atoms with Gasteiger partial charge in [-0.2, -0.15) is 13.2 Å². The molecule has 1 unspecified atom stereocenters. The number of benzene rings is 2. The van der Waals surface area contributed by atoms with E-state index in [1.807, 2.05) is 9.80 Å². The minimum absolute atomic E-state index is 0.0128. The first-order valence-electron chi connectivity index (χ1n) is 13.7. The Labute approximate surface area is 221 Å². The summed E-state index contributed by atoms with van der Waals surface area (Å²) in [7, 11) is 0. The third-order valence-electron chi connectivity index (χ3n) is 8.73. The van der Waals surface area contributed by atoms with Crippen molar-refractivity contribution < 1.29 is 27.1 Å². The fraction of sp³-hybridized carbons (Fsp3) is 0.567. The van der Waals surface area contributed by atoms with Crippen molar-refractivity contribution in [1.82, 2.24) is 9.80 Å². The van der Waals surface area contributed by atoms with Crippen LogP contribution in [0.1, 0.15) is 55.8 Å². The summed E-state index contributed by atoms with van der Waals surface area (Å²) in [5.41, 5.74) is 0.221. The molecule has 206 valence electrons. The quantitative estimate of drug-likeness (QED) is 0.368. The smallest absolute Gasteiger partial charge is 0.395 e. The van der Waals surface area contributed by atoms with Crippen LogP contribution in [0.15, 0.2) is 42.5 Å². The van der Waals surface area contributed by atoms with Crippen LogP contribution in [0.4, 0.5) is 17.6 Å². The van der Waals surface area contributed by atoms with Crippen LogP contribution >= 0.6 is 0 Å². The fourth-order valence-corrected chi connectivity index (χ4v) is 6.00. The second-order valence-corrected chi connectivity index (χ2v) is 11.5. The van der Waals surface area contributed by atoms with Crippen LogP contribution in [-0.4, -0.2) is 61.2 Å². The summed E-state index contributed by atoms with van der Waals surface area (Å²) in [6.07, 6.45) is -0.435. The number of halogens is 4. The number of carbonyl (C=O) groups is 1. The maximum absolute atomic E-state index is 14.9. The number of carbonyl (C=O) groups excluding carboxylic acids is 1. The lowest BCUT2D eigenvalue weighted by atomic mass is 9.67. The van der Waals surface area contributed by atoms with E-state index in [-0.39, 0.29) is 31.2 Å². The van der Waals surface area contributed by atoms with Crippen molar-refractivity contribution in [2.45, 2.75) is 51.6 Å². The number of amides is 1. The van der Waals surface area contributed by atoms with Gasteiger partial charge in [0.05, 0.1) is 12.0 Å². The van der Waals surface area contributed by atoms with E-state index in [2.05, 4.69) is 6.92 Å². The van der Waals surface area contributed by atoms with E-state index in [1.165, 1.54) is 6.07 Å². The SMILES string of the molecule is CC1CCN(C(=O)c2ccc(-c3ccc(OCC4CCN(CC5(C(F)(F)F)CCC5)CC4)cc3F)cc2)C1. The minimum atomic E-state index is -4.13. The molecule has 3 fully saturated rings. The monoisotopic (exact) mass is 532 g/mol. The molecule has 0 bridgehead atoms. The molecular weight excluding hydrogens is 496 g/mol. The highest BCUT2D eigenvalue weighted by molar-refractivity contribution is 5.95. The molecule has 0 radical (unpaired) electrons.